The van der Waals surface area contributed by atoms with Crippen molar-refractivity contribution in [3.63, 3.8) is 0 Å². The van der Waals surface area contributed by atoms with Gasteiger partial charge in [0.1, 0.15) is 6.04 Å². The molecule has 0 aromatic carbocycles. The van der Waals surface area contributed by atoms with E-state index in [9.17, 15) is 14.4 Å². The summed E-state index contributed by atoms with van der Waals surface area (Å²) in [6.45, 7) is 1.28. The van der Waals surface area contributed by atoms with Crippen LogP contribution in [-0.2, 0) is 19.1 Å². The average molecular weight is 272 g/mol. The highest BCUT2D eigenvalue weighted by Gasteiger charge is 2.23. The summed E-state index contributed by atoms with van der Waals surface area (Å²) < 4.78 is 5.19. The molecule has 0 radical (unpaired) electrons. The van der Waals surface area contributed by atoms with E-state index in [0.29, 0.717) is 19.6 Å². The molecule has 2 amide bonds. The fraction of sp³-hybridized carbons (Fsp3) is 0.750. The summed E-state index contributed by atoms with van der Waals surface area (Å²) in [5, 5.41) is 11.4. The third kappa shape index (κ3) is 6.19. The van der Waals surface area contributed by atoms with Gasteiger partial charge in [-0.25, -0.2) is 4.79 Å². The molecule has 0 bridgehead atoms. The Labute approximate surface area is 111 Å². The topological polar surface area (TPSA) is 119 Å². The van der Waals surface area contributed by atoms with Crippen LogP contribution in [0.2, 0.25) is 0 Å². The van der Waals surface area contributed by atoms with Gasteiger partial charge in [0.15, 0.2) is 0 Å². The summed E-state index contributed by atoms with van der Waals surface area (Å²) in [4.78, 5) is 33.3. The fourth-order valence-electron chi connectivity index (χ4n) is 2.01. The first kappa shape index (κ1) is 15.4. The lowest BCUT2D eigenvalue weighted by atomic mass is 9.96. The van der Waals surface area contributed by atoms with E-state index in [1.807, 2.05) is 0 Å². The summed E-state index contributed by atoms with van der Waals surface area (Å²) in [6, 6.07) is -1.06. The number of amides is 2. The number of nitrogens with two attached hydrogens (primary N) is 1. The second-order valence-electron chi connectivity index (χ2n) is 4.72. The number of aliphatic carboxylic acids is 1. The maximum atomic E-state index is 11.7. The maximum absolute atomic E-state index is 11.7. The zero-order valence-corrected chi connectivity index (χ0v) is 10.8. The minimum Gasteiger partial charge on any atom is -0.480 e. The number of primary amides is 1. The van der Waals surface area contributed by atoms with E-state index in [4.69, 9.17) is 15.6 Å². The highest BCUT2D eigenvalue weighted by atomic mass is 16.5. The predicted molar refractivity (Wildman–Crippen MR) is 66.2 cm³/mol. The molecule has 1 aliphatic rings. The molecule has 0 spiro atoms. The molecule has 7 nitrogen and oxygen atoms in total. The third-order valence-corrected chi connectivity index (χ3v) is 3.13. The van der Waals surface area contributed by atoms with Crippen molar-refractivity contribution in [3.8, 4) is 0 Å². The molecule has 0 aromatic rings. The van der Waals surface area contributed by atoms with Crippen LogP contribution in [0.3, 0.4) is 0 Å². The van der Waals surface area contributed by atoms with Gasteiger partial charge >= 0.3 is 5.97 Å². The summed E-state index contributed by atoms with van der Waals surface area (Å²) in [7, 11) is 0. The average Bonchev–Trinajstić information content (AvgIpc) is 2.35. The lowest BCUT2D eigenvalue weighted by Crippen LogP contribution is -2.42. The van der Waals surface area contributed by atoms with Gasteiger partial charge in [0.05, 0.1) is 0 Å². The van der Waals surface area contributed by atoms with E-state index >= 15 is 0 Å². The van der Waals surface area contributed by atoms with Gasteiger partial charge in [0, 0.05) is 26.1 Å². The molecule has 1 heterocycles. The smallest absolute Gasteiger partial charge is 0.326 e. The number of carboxylic acids is 1. The Bertz CT molecular complexity index is 339. The number of carboxylic acid groups (broad SMARTS) is 1. The van der Waals surface area contributed by atoms with Crippen molar-refractivity contribution >= 4 is 17.8 Å². The zero-order valence-electron chi connectivity index (χ0n) is 10.8. The molecule has 1 aliphatic heterocycles. The second-order valence-corrected chi connectivity index (χ2v) is 4.72. The number of hydrogen-bond acceptors (Lipinski definition) is 4. The Hall–Kier alpha value is -1.63. The number of ether oxygens (including phenoxy) is 1. The minimum atomic E-state index is -1.15. The van der Waals surface area contributed by atoms with E-state index in [1.165, 1.54) is 0 Å². The van der Waals surface area contributed by atoms with Gasteiger partial charge in [0.25, 0.3) is 0 Å². The molecule has 1 rings (SSSR count). The van der Waals surface area contributed by atoms with Gasteiger partial charge < -0.3 is 20.9 Å². The van der Waals surface area contributed by atoms with Gasteiger partial charge in [-0.2, -0.15) is 0 Å². The Kier molecular flexibility index (Phi) is 6.27. The van der Waals surface area contributed by atoms with Gasteiger partial charge in [-0.3, -0.25) is 9.59 Å². The monoisotopic (exact) mass is 272 g/mol. The summed E-state index contributed by atoms with van der Waals surface area (Å²) in [5.74, 6) is -1.80. The third-order valence-electron chi connectivity index (χ3n) is 3.13. The lowest BCUT2D eigenvalue weighted by Gasteiger charge is -2.22. The van der Waals surface area contributed by atoms with Crippen molar-refractivity contribution in [1.29, 1.82) is 0 Å². The summed E-state index contributed by atoms with van der Waals surface area (Å²) in [5.41, 5.74) is 4.96. The minimum absolute atomic E-state index is 0.0180. The number of carbonyl (C=O) groups excluding carboxylic acids is 2. The number of nitrogens with one attached hydrogen (secondary N) is 1. The number of rotatable bonds is 7. The normalized spacial score (nSPS) is 17.7. The highest BCUT2D eigenvalue weighted by molar-refractivity contribution is 5.84. The molecule has 4 N–H and O–H groups in total. The van der Waals surface area contributed by atoms with Crippen molar-refractivity contribution in [3.05, 3.63) is 0 Å². The Balaban J connectivity index is 2.37. The summed E-state index contributed by atoms with van der Waals surface area (Å²) >= 11 is 0. The molecular formula is C12H20N2O5. The molecule has 7 heteroatoms. The van der Waals surface area contributed by atoms with Crippen LogP contribution in [0.1, 0.15) is 32.1 Å². The van der Waals surface area contributed by atoms with E-state index < -0.39 is 17.9 Å². The molecule has 1 atom stereocenters. The van der Waals surface area contributed by atoms with Crippen LogP contribution in [0.5, 0.6) is 0 Å². The standard InChI is InChI=1S/C12H20N2O5/c13-10(15)2-1-9(12(17)18)14-11(16)7-8-3-5-19-6-4-8/h8-9H,1-7H2,(H2,13,15)(H,14,16)(H,17,18)/t9-/m0/s1. The SMILES string of the molecule is NC(=O)CC[C@H](NC(=O)CC1CCOCC1)C(=O)O. The van der Waals surface area contributed by atoms with E-state index in [-0.39, 0.29) is 24.7 Å². The van der Waals surface area contributed by atoms with Crippen LogP contribution in [0, 0.1) is 5.92 Å². The van der Waals surface area contributed by atoms with Crippen LogP contribution in [0.15, 0.2) is 0 Å². The van der Waals surface area contributed by atoms with Crippen molar-refractivity contribution in [2.45, 2.75) is 38.1 Å². The fourth-order valence-corrected chi connectivity index (χ4v) is 2.01. The van der Waals surface area contributed by atoms with Crippen molar-refractivity contribution in [2.75, 3.05) is 13.2 Å². The van der Waals surface area contributed by atoms with Crippen LogP contribution < -0.4 is 11.1 Å². The molecule has 0 aromatic heterocycles. The van der Waals surface area contributed by atoms with E-state index in [0.717, 1.165) is 12.8 Å². The Morgan fingerprint density at radius 1 is 1.32 bits per heavy atom. The second kappa shape index (κ2) is 7.73. The molecule has 0 unspecified atom stereocenters. The molecule has 0 saturated carbocycles. The number of hydrogen-bond donors (Lipinski definition) is 3. The highest BCUT2D eigenvalue weighted by Crippen LogP contribution is 2.18. The zero-order chi connectivity index (χ0) is 14.3. The molecule has 0 aliphatic carbocycles. The largest absolute Gasteiger partial charge is 0.480 e. The van der Waals surface area contributed by atoms with Gasteiger partial charge in [0.2, 0.25) is 11.8 Å². The first-order valence-corrected chi connectivity index (χ1v) is 6.37. The first-order valence-electron chi connectivity index (χ1n) is 6.37. The van der Waals surface area contributed by atoms with Crippen LogP contribution in [0.4, 0.5) is 0 Å². The molecule has 19 heavy (non-hydrogen) atoms. The maximum Gasteiger partial charge on any atom is 0.326 e. The molecule has 1 saturated heterocycles. The Morgan fingerprint density at radius 2 is 1.95 bits per heavy atom. The van der Waals surface area contributed by atoms with Crippen LogP contribution >= 0.6 is 0 Å². The molecular weight excluding hydrogens is 252 g/mol. The number of carbonyl (C=O) groups is 3. The van der Waals surface area contributed by atoms with Crippen molar-refractivity contribution in [1.82, 2.24) is 5.32 Å². The lowest BCUT2D eigenvalue weighted by molar-refractivity contribution is -0.142. The van der Waals surface area contributed by atoms with Gasteiger partial charge in [-0.15, -0.1) is 0 Å². The first-order chi connectivity index (χ1) is 8.99. The van der Waals surface area contributed by atoms with Gasteiger partial charge in [-0.1, -0.05) is 0 Å². The van der Waals surface area contributed by atoms with Crippen LogP contribution in [0.25, 0.3) is 0 Å². The van der Waals surface area contributed by atoms with Crippen molar-refractivity contribution in [2.24, 2.45) is 11.7 Å². The van der Waals surface area contributed by atoms with Gasteiger partial charge in [-0.05, 0) is 25.2 Å². The predicted octanol–water partition coefficient (Wildman–Crippen LogP) is -0.362. The van der Waals surface area contributed by atoms with Crippen LogP contribution in [-0.4, -0.2) is 42.1 Å². The van der Waals surface area contributed by atoms with Crippen molar-refractivity contribution < 1.29 is 24.2 Å². The van der Waals surface area contributed by atoms with E-state index in [1.54, 1.807) is 0 Å². The Morgan fingerprint density at radius 3 is 2.47 bits per heavy atom. The summed E-state index contributed by atoms with van der Waals surface area (Å²) in [6.07, 6.45) is 1.88. The molecule has 1 fully saturated rings. The van der Waals surface area contributed by atoms with E-state index in [2.05, 4.69) is 5.32 Å². The quantitative estimate of drug-likeness (QED) is 0.584. The molecule has 108 valence electrons.